The van der Waals surface area contributed by atoms with Gasteiger partial charge in [0.15, 0.2) is 0 Å². The summed E-state index contributed by atoms with van der Waals surface area (Å²) in [5.41, 5.74) is 6.65. The van der Waals surface area contributed by atoms with Gasteiger partial charge in [-0.3, -0.25) is 0 Å². The summed E-state index contributed by atoms with van der Waals surface area (Å²) >= 11 is 0. The van der Waals surface area contributed by atoms with Crippen molar-refractivity contribution in [2.24, 2.45) is 11.7 Å². The Labute approximate surface area is 110 Å². The quantitative estimate of drug-likeness (QED) is 0.822. The molecule has 2 saturated heterocycles. The first-order valence-corrected chi connectivity index (χ1v) is 7.67. The Morgan fingerprint density at radius 2 is 1.83 bits per heavy atom. The van der Waals surface area contributed by atoms with Crippen LogP contribution in [0.25, 0.3) is 0 Å². The topological polar surface area (TPSA) is 44.5 Å². The minimum Gasteiger partial charge on any atom is -0.375 e. The predicted octanol–water partition coefficient (Wildman–Crippen LogP) is 2.62. The molecule has 2 aliphatic heterocycles. The van der Waals surface area contributed by atoms with Crippen LogP contribution in [0.5, 0.6) is 0 Å². The molecule has 1 saturated carbocycles. The fourth-order valence-electron chi connectivity index (χ4n) is 4.30. The lowest BCUT2D eigenvalue weighted by atomic mass is 9.75. The highest BCUT2D eigenvalue weighted by atomic mass is 16.5. The number of hydrogen-bond donors (Lipinski definition) is 1. The minimum absolute atomic E-state index is 0.0815. The van der Waals surface area contributed by atoms with Crippen molar-refractivity contribution < 1.29 is 9.47 Å². The first-order valence-electron chi connectivity index (χ1n) is 7.67. The maximum absolute atomic E-state index is 6.56. The zero-order valence-electron chi connectivity index (χ0n) is 11.6. The summed E-state index contributed by atoms with van der Waals surface area (Å²) < 4.78 is 12.0. The van der Waals surface area contributed by atoms with Gasteiger partial charge in [-0.2, -0.15) is 0 Å². The van der Waals surface area contributed by atoms with Crippen molar-refractivity contribution in [3.8, 4) is 0 Å². The molecule has 0 amide bonds. The van der Waals surface area contributed by atoms with Gasteiger partial charge in [0, 0.05) is 19.3 Å². The molecule has 1 aliphatic carbocycles. The molecule has 0 aromatic rings. The van der Waals surface area contributed by atoms with E-state index < -0.39 is 0 Å². The van der Waals surface area contributed by atoms with Gasteiger partial charge in [0.05, 0.1) is 11.2 Å². The van der Waals surface area contributed by atoms with Crippen LogP contribution in [-0.2, 0) is 9.47 Å². The Hall–Kier alpha value is -0.120. The molecule has 104 valence electrons. The molecule has 3 heteroatoms. The Balaban J connectivity index is 1.68. The van der Waals surface area contributed by atoms with Crippen molar-refractivity contribution in [1.29, 1.82) is 0 Å². The van der Waals surface area contributed by atoms with E-state index in [1.807, 2.05) is 0 Å². The van der Waals surface area contributed by atoms with Crippen molar-refractivity contribution >= 4 is 0 Å². The predicted molar refractivity (Wildman–Crippen MR) is 71.4 cm³/mol. The van der Waals surface area contributed by atoms with Crippen LogP contribution in [0.2, 0.25) is 0 Å². The average molecular weight is 253 g/mol. The fraction of sp³-hybridized carbons (Fsp3) is 1.00. The maximum atomic E-state index is 6.56. The molecule has 0 radical (unpaired) electrons. The molecule has 1 spiro atoms. The summed E-state index contributed by atoms with van der Waals surface area (Å²) in [6.07, 6.45) is 9.71. The van der Waals surface area contributed by atoms with Gasteiger partial charge in [-0.05, 0) is 51.4 Å². The van der Waals surface area contributed by atoms with Crippen molar-refractivity contribution in [3.05, 3.63) is 0 Å². The third kappa shape index (κ3) is 2.21. The van der Waals surface area contributed by atoms with Gasteiger partial charge in [-0.15, -0.1) is 0 Å². The van der Waals surface area contributed by atoms with Gasteiger partial charge in [0.1, 0.15) is 0 Å². The van der Waals surface area contributed by atoms with E-state index in [9.17, 15) is 0 Å². The van der Waals surface area contributed by atoms with E-state index in [-0.39, 0.29) is 17.2 Å². The molecule has 0 aromatic heterocycles. The lowest BCUT2D eigenvalue weighted by Gasteiger charge is -2.44. The molecule has 2 N–H and O–H groups in total. The van der Waals surface area contributed by atoms with Crippen LogP contribution < -0.4 is 5.73 Å². The molecule has 3 unspecified atom stereocenters. The number of nitrogens with two attached hydrogens (primary N) is 1. The third-order valence-electron chi connectivity index (χ3n) is 5.51. The molecule has 0 aromatic carbocycles. The molecule has 18 heavy (non-hydrogen) atoms. The van der Waals surface area contributed by atoms with E-state index in [0.717, 1.165) is 32.5 Å². The molecule has 3 rings (SSSR count). The number of rotatable bonds is 2. The van der Waals surface area contributed by atoms with E-state index in [4.69, 9.17) is 15.2 Å². The van der Waals surface area contributed by atoms with Crippen molar-refractivity contribution in [3.63, 3.8) is 0 Å². The smallest absolute Gasteiger partial charge is 0.0808 e. The molecule has 3 nitrogen and oxygen atoms in total. The zero-order chi connectivity index (χ0) is 12.6. The highest BCUT2D eigenvalue weighted by Gasteiger charge is 2.46. The average Bonchev–Trinajstić information content (AvgIpc) is 2.99. The van der Waals surface area contributed by atoms with Gasteiger partial charge in [-0.1, -0.05) is 12.8 Å². The summed E-state index contributed by atoms with van der Waals surface area (Å²) in [7, 11) is 0. The molecular weight excluding hydrogens is 226 g/mol. The second-order valence-electron chi connectivity index (χ2n) is 6.78. The van der Waals surface area contributed by atoms with E-state index in [1.54, 1.807) is 0 Å². The summed E-state index contributed by atoms with van der Waals surface area (Å²) in [6.45, 7) is 3.99. The van der Waals surface area contributed by atoms with Gasteiger partial charge in [0.25, 0.3) is 0 Å². The highest BCUT2D eigenvalue weighted by molar-refractivity contribution is 5.00. The summed E-state index contributed by atoms with van der Waals surface area (Å²) in [5, 5.41) is 0. The van der Waals surface area contributed by atoms with Crippen LogP contribution >= 0.6 is 0 Å². The Kier molecular flexibility index (Phi) is 3.41. The molecule has 2 heterocycles. The maximum Gasteiger partial charge on any atom is 0.0808 e. The Morgan fingerprint density at radius 3 is 2.50 bits per heavy atom. The lowest BCUT2D eigenvalue weighted by Crippen LogP contribution is -2.53. The van der Waals surface area contributed by atoms with E-state index in [1.165, 1.54) is 32.1 Å². The van der Waals surface area contributed by atoms with Crippen LogP contribution in [-0.4, -0.2) is 30.5 Å². The Morgan fingerprint density at radius 1 is 1.06 bits per heavy atom. The molecule has 3 aliphatic rings. The normalized spacial score (nSPS) is 41.3. The van der Waals surface area contributed by atoms with Crippen LogP contribution in [0.15, 0.2) is 0 Å². The van der Waals surface area contributed by atoms with Gasteiger partial charge in [-0.25, -0.2) is 0 Å². The van der Waals surface area contributed by atoms with E-state index in [2.05, 4.69) is 6.92 Å². The second-order valence-corrected chi connectivity index (χ2v) is 6.78. The highest BCUT2D eigenvalue weighted by Crippen LogP contribution is 2.45. The molecule has 0 bridgehead atoms. The Bertz CT molecular complexity index is 283. The van der Waals surface area contributed by atoms with Crippen molar-refractivity contribution in [2.45, 2.75) is 75.5 Å². The monoisotopic (exact) mass is 253 g/mol. The van der Waals surface area contributed by atoms with E-state index >= 15 is 0 Å². The number of hydrogen-bond acceptors (Lipinski definition) is 3. The third-order valence-corrected chi connectivity index (χ3v) is 5.51. The second kappa shape index (κ2) is 4.77. The number of ether oxygens (including phenoxy) is 2. The zero-order valence-corrected chi connectivity index (χ0v) is 11.6. The van der Waals surface area contributed by atoms with Crippen LogP contribution in [0.1, 0.15) is 58.3 Å². The lowest BCUT2D eigenvalue weighted by molar-refractivity contribution is -0.113. The summed E-state index contributed by atoms with van der Waals surface area (Å²) in [4.78, 5) is 0. The van der Waals surface area contributed by atoms with Gasteiger partial charge in [0.2, 0.25) is 0 Å². The van der Waals surface area contributed by atoms with Crippen LogP contribution in [0.3, 0.4) is 0 Å². The van der Waals surface area contributed by atoms with Gasteiger partial charge < -0.3 is 15.2 Å². The van der Waals surface area contributed by atoms with Crippen molar-refractivity contribution in [2.75, 3.05) is 13.2 Å². The van der Waals surface area contributed by atoms with Gasteiger partial charge >= 0.3 is 0 Å². The first-order chi connectivity index (χ1) is 8.64. The molecule has 3 atom stereocenters. The standard InChI is InChI=1S/C15H27NO2/c1-14(6-4-9-17-14)13(16)12-5-10-18-15(11-12)7-2-3-8-15/h12-13H,2-11,16H2,1H3. The van der Waals surface area contributed by atoms with Crippen LogP contribution in [0, 0.1) is 5.92 Å². The molecule has 3 fully saturated rings. The minimum atomic E-state index is -0.0815. The van der Waals surface area contributed by atoms with E-state index in [0.29, 0.717) is 5.92 Å². The largest absolute Gasteiger partial charge is 0.375 e. The molecular formula is C15H27NO2. The fourth-order valence-corrected chi connectivity index (χ4v) is 4.30. The summed E-state index contributed by atoms with van der Waals surface area (Å²) in [5.74, 6) is 0.583. The van der Waals surface area contributed by atoms with Crippen molar-refractivity contribution in [1.82, 2.24) is 0 Å². The summed E-state index contributed by atoms with van der Waals surface area (Å²) in [6, 6.07) is 0.182. The van der Waals surface area contributed by atoms with Crippen LogP contribution in [0.4, 0.5) is 0 Å². The SMILES string of the molecule is CC1(C(N)C2CCOC3(CCCC3)C2)CCCO1. The first kappa shape index (κ1) is 12.9.